The van der Waals surface area contributed by atoms with Crippen molar-refractivity contribution in [2.45, 2.75) is 10.9 Å². The molecule has 0 aliphatic heterocycles. The van der Waals surface area contributed by atoms with Gasteiger partial charge in [-0.25, -0.2) is 13.6 Å². The molecule has 1 aromatic heterocycles. The van der Waals surface area contributed by atoms with E-state index in [4.69, 9.17) is 22.5 Å². The van der Waals surface area contributed by atoms with E-state index in [9.17, 15) is 13.2 Å². The monoisotopic (exact) mass is 345 g/mol. The maximum Gasteiger partial charge on any atom is 0.246 e. The molecule has 0 aliphatic carbocycles. The standard InChI is InChI=1S/C12H12ClN3O3S2/c13-8-4-3-7(21(15,18)19)6-9(8)16-12(17)11(14)10-2-1-5-20-10/h1-6,11H,14H2,(H,16,17)(H2,15,18,19). The summed E-state index contributed by atoms with van der Waals surface area (Å²) in [5, 5.41) is 9.53. The van der Waals surface area contributed by atoms with Gasteiger partial charge in [-0.2, -0.15) is 0 Å². The number of nitrogens with two attached hydrogens (primary N) is 2. The first kappa shape index (κ1) is 15.9. The molecule has 5 N–H and O–H groups in total. The quantitative estimate of drug-likeness (QED) is 0.781. The Bertz CT molecular complexity index is 760. The molecule has 0 spiro atoms. The zero-order valence-electron chi connectivity index (χ0n) is 10.6. The Balaban J connectivity index is 2.25. The molecule has 0 saturated heterocycles. The molecule has 9 heteroatoms. The molecule has 1 heterocycles. The van der Waals surface area contributed by atoms with Gasteiger partial charge in [0.2, 0.25) is 15.9 Å². The summed E-state index contributed by atoms with van der Waals surface area (Å²) >= 11 is 7.28. The number of hydrogen-bond donors (Lipinski definition) is 3. The van der Waals surface area contributed by atoms with Crippen LogP contribution in [0, 0.1) is 0 Å². The molecule has 0 bridgehead atoms. The predicted molar refractivity (Wildman–Crippen MR) is 82.7 cm³/mol. The van der Waals surface area contributed by atoms with Crippen molar-refractivity contribution in [2.24, 2.45) is 10.9 Å². The van der Waals surface area contributed by atoms with E-state index in [0.29, 0.717) is 4.88 Å². The molecule has 0 aliphatic rings. The second-order valence-corrected chi connectivity index (χ2v) is 7.12. The molecule has 2 rings (SSSR count). The van der Waals surface area contributed by atoms with E-state index in [1.165, 1.54) is 29.5 Å². The summed E-state index contributed by atoms with van der Waals surface area (Å²) in [5.74, 6) is -0.495. The van der Waals surface area contributed by atoms with Crippen LogP contribution in [0.5, 0.6) is 0 Å². The summed E-state index contributed by atoms with van der Waals surface area (Å²) in [5.41, 5.74) is 5.96. The maximum absolute atomic E-state index is 12.1. The van der Waals surface area contributed by atoms with E-state index in [-0.39, 0.29) is 15.6 Å². The minimum atomic E-state index is -3.88. The van der Waals surface area contributed by atoms with E-state index in [1.807, 2.05) is 0 Å². The summed E-state index contributed by atoms with van der Waals surface area (Å²) < 4.78 is 22.6. The number of carbonyl (C=O) groups excluding carboxylic acids is 1. The normalized spacial score (nSPS) is 12.9. The van der Waals surface area contributed by atoms with Gasteiger partial charge in [0, 0.05) is 4.88 Å². The maximum atomic E-state index is 12.1. The van der Waals surface area contributed by atoms with Crippen molar-refractivity contribution >= 4 is 44.6 Å². The van der Waals surface area contributed by atoms with Gasteiger partial charge in [-0.15, -0.1) is 11.3 Å². The van der Waals surface area contributed by atoms with Gasteiger partial charge in [-0.05, 0) is 29.6 Å². The van der Waals surface area contributed by atoms with Gasteiger partial charge in [0.15, 0.2) is 0 Å². The molecule has 2 aromatic rings. The highest BCUT2D eigenvalue weighted by atomic mass is 35.5. The lowest BCUT2D eigenvalue weighted by molar-refractivity contribution is -0.117. The van der Waals surface area contributed by atoms with E-state index in [1.54, 1.807) is 17.5 Å². The van der Waals surface area contributed by atoms with Crippen LogP contribution < -0.4 is 16.2 Å². The number of nitrogens with one attached hydrogen (secondary N) is 1. The molecule has 0 fully saturated rings. The van der Waals surface area contributed by atoms with Crippen LogP contribution in [-0.2, 0) is 14.8 Å². The molecular weight excluding hydrogens is 334 g/mol. The Hall–Kier alpha value is -1.45. The molecule has 1 unspecified atom stereocenters. The SMILES string of the molecule is NC(C(=O)Nc1cc(S(N)(=O)=O)ccc1Cl)c1cccs1. The Kier molecular flexibility index (Phi) is 4.64. The third-order valence-corrected chi connectivity index (χ3v) is 4.85. The molecule has 0 saturated carbocycles. The number of primary sulfonamides is 1. The number of halogens is 1. The number of thiophene rings is 1. The number of hydrogen-bond acceptors (Lipinski definition) is 5. The van der Waals surface area contributed by atoms with Gasteiger partial charge in [0.25, 0.3) is 0 Å². The highest BCUT2D eigenvalue weighted by Gasteiger charge is 2.19. The Labute approximate surface area is 130 Å². The van der Waals surface area contributed by atoms with Crippen molar-refractivity contribution in [3.8, 4) is 0 Å². The van der Waals surface area contributed by atoms with E-state index in [0.717, 1.165) is 0 Å². The minimum Gasteiger partial charge on any atom is -0.323 e. The van der Waals surface area contributed by atoms with Crippen LogP contribution in [0.2, 0.25) is 5.02 Å². The first-order chi connectivity index (χ1) is 9.79. The predicted octanol–water partition coefficient (Wildman–Crippen LogP) is 1.69. The number of anilines is 1. The van der Waals surface area contributed by atoms with E-state index < -0.39 is 22.0 Å². The smallest absolute Gasteiger partial charge is 0.246 e. The average molecular weight is 346 g/mol. The fourth-order valence-electron chi connectivity index (χ4n) is 1.59. The first-order valence-corrected chi connectivity index (χ1v) is 8.51. The Morgan fingerprint density at radius 3 is 2.62 bits per heavy atom. The van der Waals surface area contributed by atoms with Crippen LogP contribution in [0.15, 0.2) is 40.6 Å². The van der Waals surface area contributed by atoms with Gasteiger partial charge >= 0.3 is 0 Å². The Morgan fingerprint density at radius 2 is 2.05 bits per heavy atom. The van der Waals surface area contributed by atoms with Gasteiger partial charge in [0.05, 0.1) is 15.6 Å². The van der Waals surface area contributed by atoms with Crippen molar-refractivity contribution < 1.29 is 13.2 Å². The van der Waals surface area contributed by atoms with Gasteiger partial charge in [0.1, 0.15) is 6.04 Å². The zero-order valence-corrected chi connectivity index (χ0v) is 13.0. The third-order valence-electron chi connectivity index (χ3n) is 2.66. The molecule has 0 radical (unpaired) electrons. The molecule has 1 atom stereocenters. The zero-order chi connectivity index (χ0) is 15.6. The van der Waals surface area contributed by atoms with E-state index in [2.05, 4.69) is 5.32 Å². The highest BCUT2D eigenvalue weighted by molar-refractivity contribution is 7.89. The van der Waals surface area contributed by atoms with Crippen LogP contribution in [-0.4, -0.2) is 14.3 Å². The average Bonchev–Trinajstić information content (AvgIpc) is 2.92. The van der Waals surface area contributed by atoms with Gasteiger partial charge in [-0.1, -0.05) is 17.7 Å². The molecular formula is C12H12ClN3O3S2. The van der Waals surface area contributed by atoms with Crippen LogP contribution in [0.25, 0.3) is 0 Å². The van der Waals surface area contributed by atoms with Crippen LogP contribution >= 0.6 is 22.9 Å². The van der Waals surface area contributed by atoms with Gasteiger partial charge < -0.3 is 11.1 Å². The van der Waals surface area contributed by atoms with Crippen molar-refractivity contribution in [1.82, 2.24) is 0 Å². The fourth-order valence-corrected chi connectivity index (χ4v) is 3.01. The van der Waals surface area contributed by atoms with Crippen molar-refractivity contribution in [3.05, 3.63) is 45.6 Å². The third kappa shape index (κ3) is 3.80. The number of sulfonamides is 1. The first-order valence-electron chi connectivity index (χ1n) is 5.71. The fraction of sp³-hybridized carbons (Fsp3) is 0.0833. The number of amides is 1. The van der Waals surface area contributed by atoms with Crippen LogP contribution in [0.3, 0.4) is 0 Å². The molecule has 6 nitrogen and oxygen atoms in total. The summed E-state index contributed by atoms with van der Waals surface area (Å²) in [6.07, 6.45) is 0. The summed E-state index contributed by atoms with van der Waals surface area (Å²) in [7, 11) is -3.88. The minimum absolute atomic E-state index is 0.139. The van der Waals surface area contributed by atoms with E-state index >= 15 is 0 Å². The molecule has 21 heavy (non-hydrogen) atoms. The second kappa shape index (κ2) is 6.12. The number of benzene rings is 1. The summed E-state index contributed by atoms with van der Waals surface area (Å²) in [4.78, 5) is 12.6. The van der Waals surface area contributed by atoms with Crippen molar-refractivity contribution in [3.63, 3.8) is 0 Å². The topological polar surface area (TPSA) is 115 Å². The van der Waals surface area contributed by atoms with Crippen molar-refractivity contribution in [2.75, 3.05) is 5.32 Å². The number of carbonyl (C=O) groups is 1. The number of rotatable bonds is 4. The molecule has 112 valence electrons. The van der Waals surface area contributed by atoms with Gasteiger partial charge in [-0.3, -0.25) is 4.79 Å². The van der Waals surface area contributed by atoms with Crippen molar-refractivity contribution in [1.29, 1.82) is 0 Å². The lowest BCUT2D eigenvalue weighted by Gasteiger charge is -2.12. The second-order valence-electron chi connectivity index (χ2n) is 4.17. The largest absolute Gasteiger partial charge is 0.323 e. The lowest BCUT2D eigenvalue weighted by Crippen LogP contribution is -2.27. The highest BCUT2D eigenvalue weighted by Crippen LogP contribution is 2.26. The van der Waals surface area contributed by atoms with Crippen LogP contribution in [0.4, 0.5) is 5.69 Å². The summed E-state index contributed by atoms with van der Waals surface area (Å²) in [6, 6.07) is 6.44. The lowest BCUT2D eigenvalue weighted by atomic mass is 10.2. The summed E-state index contributed by atoms with van der Waals surface area (Å²) in [6.45, 7) is 0. The molecule has 1 aromatic carbocycles. The van der Waals surface area contributed by atoms with Crippen LogP contribution in [0.1, 0.15) is 10.9 Å². The molecule has 1 amide bonds. The Morgan fingerprint density at radius 1 is 1.33 bits per heavy atom.